The number of hydrogen-bond donors (Lipinski definition) is 1. The lowest BCUT2D eigenvalue weighted by Crippen LogP contribution is -2.48. The van der Waals surface area contributed by atoms with Crippen LogP contribution in [0.4, 0.5) is 0 Å². The van der Waals surface area contributed by atoms with E-state index in [2.05, 4.69) is 10.2 Å². The van der Waals surface area contributed by atoms with Crippen LogP contribution in [0.1, 0.15) is 37.9 Å². The van der Waals surface area contributed by atoms with Crippen LogP contribution in [0.2, 0.25) is 0 Å². The van der Waals surface area contributed by atoms with E-state index in [-0.39, 0.29) is 24.0 Å². The number of halogens is 1. The van der Waals surface area contributed by atoms with Gasteiger partial charge in [-0.3, -0.25) is 4.99 Å². The van der Waals surface area contributed by atoms with Gasteiger partial charge < -0.3 is 24.1 Å². The van der Waals surface area contributed by atoms with Gasteiger partial charge in [-0.15, -0.1) is 24.0 Å². The molecule has 6 nitrogen and oxygen atoms in total. The van der Waals surface area contributed by atoms with Gasteiger partial charge in [-0.25, -0.2) is 0 Å². The minimum absolute atomic E-state index is 0. The van der Waals surface area contributed by atoms with Crippen LogP contribution >= 0.6 is 24.0 Å². The molecule has 4 rings (SSSR count). The average Bonchev–Trinajstić information content (AvgIpc) is 3.33. The second-order valence-electron chi connectivity index (χ2n) is 7.85. The molecule has 7 heteroatoms. The first-order chi connectivity index (χ1) is 12.8. The van der Waals surface area contributed by atoms with Crippen molar-refractivity contribution < 1.29 is 13.9 Å². The minimum Gasteiger partial charge on any atom is -0.469 e. The van der Waals surface area contributed by atoms with Crippen LogP contribution in [0.25, 0.3) is 0 Å². The number of guanidine groups is 1. The topological polar surface area (TPSA) is 59.2 Å². The molecule has 0 unspecified atom stereocenters. The maximum absolute atomic E-state index is 5.59. The van der Waals surface area contributed by atoms with Gasteiger partial charge in [0.15, 0.2) is 5.96 Å². The fourth-order valence-electron chi connectivity index (χ4n) is 4.32. The number of aliphatic imine (C=N–C) groups is 1. The lowest BCUT2D eigenvalue weighted by atomic mass is 9.80. The summed E-state index contributed by atoms with van der Waals surface area (Å²) in [7, 11) is 0. The Labute approximate surface area is 179 Å². The molecule has 1 aromatic heterocycles. The quantitative estimate of drug-likeness (QED) is 0.401. The van der Waals surface area contributed by atoms with Crippen molar-refractivity contribution in [2.24, 2.45) is 10.4 Å². The molecule has 152 valence electrons. The molecule has 3 saturated heterocycles. The Hall–Kier alpha value is -0.800. The molecule has 3 aliphatic rings. The van der Waals surface area contributed by atoms with Crippen LogP contribution in [-0.2, 0) is 15.9 Å². The number of nitrogens with one attached hydrogen (secondary N) is 1. The first-order valence-electron chi connectivity index (χ1n) is 10.1. The van der Waals surface area contributed by atoms with Gasteiger partial charge in [0, 0.05) is 58.5 Å². The van der Waals surface area contributed by atoms with E-state index in [1.807, 2.05) is 12.1 Å². The van der Waals surface area contributed by atoms with Crippen LogP contribution in [0.3, 0.4) is 0 Å². The Bertz CT molecular complexity index is 581. The Morgan fingerprint density at radius 1 is 1.15 bits per heavy atom. The highest BCUT2D eigenvalue weighted by Gasteiger charge is 2.40. The van der Waals surface area contributed by atoms with E-state index in [9.17, 15) is 0 Å². The Morgan fingerprint density at radius 2 is 1.93 bits per heavy atom. The summed E-state index contributed by atoms with van der Waals surface area (Å²) in [6, 6.07) is 4.43. The lowest BCUT2D eigenvalue weighted by Gasteiger charge is -2.34. The molecule has 0 radical (unpaired) electrons. The van der Waals surface area contributed by atoms with Crippen molar-refractivity contribution in [1.82, 2.24) is 10.2 Å². The molecule has 0 bridgehead atoms. The zero-order valence-electron chi connectivity index (χ0n) is 16.0. The summed E-state index contributed by atoms with van der Waals surface area (Å²) in [5.41, 5.74) is 0.428. The molecule has 27 heavy (non-hydrogen) atoms. The number of furan rings is 1. The summed E-state index contributed by atoms with van der Waals surface area (Å²) in [6.45, 7) is 6.46. The first-order valence-corrected chi connectivity index (χ1v) is 10.1. The molecule has 3 fully saturated rings. The standard InChI is InChI=1S/C20H31N3O3.HI/c1-2-18(26-11-1)3-9-21-19(22-17-4-12-24-13-5-17)23-10-6-20(16-23)7-14-25-15-8-20;/h1-2,11,17H,3-10,12-16H2,(H,21,22);1H. The van der Waals surface area contributed by atoms with Gasteiger partial charge in [-0.2, -0.15) is 0 Å². The van der Waals surface area contributed by atoms with Gasteiger partial charge in [0.2, 0.25) is 0 Å². The van der Waals surface area contributed by atoms with E-state index in [4.69, 9.17) is 18.9 Å². The number of rotatable bonds is 4. The van der Waals surface area contributed by atoms with Crippen LogP contribution < -0.4 is 5.32 Å². The van der Waals surface area contributed by atoms with E-state index in [1.54, 1.807) is 6.26 Å². The largest absolute Gasteiger partial charge is 0.469 e. The second kappa shape index (κ2) is 10.1. The molecular weight excluding hydrogens is 457 g/mol. The summed E-state index contributed by atoms with van der Waals surface area (Å²) in [4.78, 5) is 7.43. The van der Waals surface area contributed by atoms with E-state index < -0.39 is 0 Å². The molecule has 3 aliphatic heterocycles. The van der Waals surface area contributed by atoms with Gasteiger partial charge in [0.1, 0.15) is 5.76 Å². The molecule has 0 amide bonds. The number of likely N-dealkylation sites (tertiary alicyclic amines) is 1. The summed E-state index contributed by atoms with van der Waals surface area (Å²) in [5.74, 6) is 2.08. The summed E-state index contributed by atoms with van der Waals surface area (Å²) in [6.07, 6.45) is 8.31. The maximum atomic E-state index is 5.59. The first kappa shape index (κ1) is 20.9. The number of ether oxygens (including phenoxy) is 2. The predicted octanol–water partition coefficient (Wildman–Crippen LogP) is 3.07. The van der Waals surface area contributed by atoms with Crippen LogP contribution in [0.15, 0.2) is 27.8 Å². The van der Waals surface area contributed by atoms with Gasteiger partial charge in [-0.05, 0) is 49.7 Å². The maximum Gasteiger partial charge on any atom is 0.194 e. The fraction of sp³-hybridized carbons (Fsp3) is 0.750. The van der Waals surface area contributed by atoms with Crippen molar-refractivity contribution in [2.75, 3.05) is 46.1 Å². The Kier molecular flexibility index (Phi) is 7.84. The smallest absolute Gasteiger partial charge is 0.194 e. The molecule has 1 spiro atoms. The van der Waals surface area contributed by atoms with Crippen molar-refractivity contribution in [2.45, 2.75) is 44.6 Å². The molecule has 0 saturated carbocycles. The summed E-state index contributed by atoms with van der Waals surface area (Å²) >= 11 is 0. The highest BCUT2D eigenvalue weighted by molar-refractivity contribution is 14.0. The summed E-state index contributed by atoms with van der Waals surface area (Å²) < 4.78 is 16.5. The minimum atomic E-state index is 0. The Balaban J connectivity index is 0.00000210. The van der Waals surface area contributed by atoms with Gasteiger partial charge in [0.25, 0.3) is 0 Å². The molecule has 1 aromatic rings. The van der Waals surface area contributed by atoms with Crippen LogP contribution in [-0.4, -0.2) is 63.0 Å². The highest BCUT2D eigenvalue weighted by Crippen LogP contribution is 2.39. The SMILES string of the molecule is I.c1coc(CCN=C(NC2CCOCC2)N2CCC3(CCOCC3)C2)c1. The molecule has 1 N–H and O–H groups in total. The third-order valence-electron chi connectivity index (χ3n) is 6.05. The monoisotopic (exact) mass is 489 g/mol. The normalized spacial score (nSPS) is 23.4. The molecule has 4 heterocycles. The van der Waals surface area contributed by atoms with Crippen molar-refractivity contribution in [3.8, 4) is 0 Å². The number of hydrogen-bond acceptors (Lipinski definition) is 4. The molecular formula is C20H32IN3O3. The van der Waals surface area contributed by atoms with Crippen LogP contribution in [0, 0.1) is 5.41 Å². The van der Waals surface area contributed by atoms with Gasteiger partial charge in [0.05, 0.1) is 6.26 Å². The average molecular weight is 489 g/mol. The Morgan fingerprint density at radius 3 is 2.67 bits per heavy atom. The fourth-order valence-corrected chi connectivity index (χ4v) is 4.32. The van der Waals surface area contributed by atoms with E-state index >= 15 is 0 Å². The molecule has 0 atom stereocenters. The van der Waals surface area contributed by atoms with E-state index in [1.165, 1.54) is 19.3 Å². The molecule has 0 aliphatic carbocycles. The third kappa shape index (κ3) is 5.60. The van der Waals surface area contributed by atoms with E-state index in [0.717, 1.165) is 77.0 Å². The van der Waals surface area contributed by atoms with Crippen molar-refractivity contribution in [3.63, 3.8) is 0 Å². The zero-order chi connectivity index (χ0) is 17.7. The third-order valence-corrected chi connectivity index (χ3v) is 6.05. The highest BCUT2D eigenvalue weighted by atomic mass is 127. The van der Waals surface area contributed by atoms with Crippen molar-refractivity contribution in [3.05, 3.63) is 24.2 Å². The molecule has 0 aromatic carbocycles. The van der Waals surface area contributed by atoms with Gasteiger partial charge >= 0.3 is 0 Å². The number of nitrogens with zero attached hydrogens (tertiary/aromatic N) is 2. The van der Waals surface area contributed by atoms with Crippen molar-refractivity contribution >= 4 is 29.9 Å². The van der Waals surface area contributed by atoms with E-state index in [0.29, 0.717) is 11.5 Å². The van der Waals surface area contributed by atoms with Crippen molar-refractivity contribution in [1.29, 1.82) is 0 Å². The van der Waals surface area contributed by atoms with Gasteiger partial charge in [-0.1, -0.05) is 0 Å². The second-order valence-corrected chi connectivity index (χ2v) is 7.85. The van der Waals surface area contributed by atoms with Crippen LogP contribution in [0.5, 0.6) is 0 Å². The zero-order valence-corrected chi connectivity index (χ0v) is 18.4. The lowest BCUT2D eigenvalue weighted by molar-refractivity contribution is 0.0216. The predicted molar refractivity (Wildman–Crippen MR) is 116 cm³/mol. The summed E-state index contributed by atoms with van der Waals surface area (Å²) in [5, 5.41) is 3.73.